The molecule has 5 heteroatoms. The monoisotopic (exact) mass is 442 g/mol. The van der Waals surface area contributed by atoms with Gasteiger partial charge in [0.15, 0.2) is 0 Å². The van der Waals surface area contributed by atoms with Crippen LogP contribution in [-0.2, 0) is 20.9 Å². The minimum atomic E-state index is -1.08. The molecule has 0 aliphatic heterocycles. The maximum Gasteiger partial charge on any atom is 0.331 e. The third kappa shape index (κ3) is 11.7. The predicted molar refractivity (Wildman–Crippen MR) is 128 cm³/mol. The van der Waals surface area contributed by atoms with Gasteiger partial charge in [0.25, 0.3) is 0 Å². The van der Waals surface area contributed by atoms with Crippen molar-refractivity contribution in [3.63, 3.8) is 0 Å². The number of allylic oxidation sites excluding steroid dienone is 4. The number of hydrogen-bond acceptors (Lipinski definition) is 3. The van der Waals surface area contributed by atoms with E-state index < -0.39 is 17.4 Å². The van der Waals surface area contributed by atoms with Gasteiger partial charge in [-0.05, 0) is 44.6 Å². The maximum atomic E-state index is 10.8. The lowest BCUT2D eigenvalue weighted by molar-refractivity contribution is -0.145. The second-order valence-corrected chi connectivity index (χ2v) is 8.26. The molecule has 1 aromatic rings. The summed E-state index contributed by atoms with van der Waals surface area (Å²) in [5, 5.41) is 17.5. The smallest absolute Gasteiger partial charge is 0.331 e. The van der Waals surface area contributed by atoms with Gasteiger partial charge in [-0.2, -0.15) is 0 Å². The van der Waals surface area contributed by atoms with Crippen LogP contribution in [0.25, 0.3) is 0 Å². The van der Waals surface area contributed by atoms with Gasteiger partial charge in [-0.3, -0.25) is 4.79 Å². The highest BCUT2D eigenvalue weighted by Crippen LogP contribution is 2.31. The third-order valence-electron chi connectivity index (χ3n) is 5.24. The molecule has 1 aliphatic rings. The largest absolute Gasteiger partial charge is 0.481 e. The SMILES string of the molecule is CCCCCCC=CCCCOCc1ccccc1.C[C@]1(C(=O)O)C=CC=C(C(=O)O)C1. The molecule has 0 amide bonds. The fourth-order valence-corrected chi connectivity index (χ4v) is 3.18. The summed E-state index contributed by atoms with van der Waals surface area (Å²) >= 11 is 0. The van der Waals surface area contributed by atoms with Gasteiger partial charge in [-0.25, -0.2) is 4.79 Å². The lowest BCUT2D eigenvalue weighted by Crippen LogP contribution is -2.28. The number of unbranched alkanes of at least 4 members (excludes halogenated alkanes) is 5. The molecule has 2 N–H and O–H groups in total. The van der Waals surface area contributed by atoms with E-state index in [1.54, 1.807) is 0 Å². The van der Waals surface area contributed by atoms with Crippen LogP contribution in [0.15, 0.2) is 66.3 Å². The summed E-state index contributed by atoms with van der Waals surface area (Å²) in [5.41, 5.74) is 0.309. The Morgan fingerprint density at radius 2 is 1.72 bits per heavy atom. The molecule has 0 aromatic heterocycles. The summed E-state index contributed by atoms with van der Waals surface area (Å²) in [4.78, 5) is 21.3. The molecule has 0 fully saturated rings. The van der Waals surface area contributed by atoms with Crippen LogP contribution in [0, 0.1) is 5.41 Å². The summed E-state index contributed by atoms with van der Waals surface area (Å²) in [6.45, 7) is 5.35. The van der Waals surface area contributed by atoms with Crippen molar-refractivity contribution in [1.82, 2.24) is 0 Å². The molecule has 32 heavy (non-hydrogen) atoms. The standard InChI is InChI=1S/C18H28O.C9H10O4/c1-2-3-4-5-6-7-8-9-13-16-19-17-18-14-11-10-12-15-18;1-9(8(12)13)4-2-3-6(5-9)7(10)11/h7-8,10-12,14-15H,2-6,9,13,16-17H2,1H3;2-4H,5H2,1H3,(H,10,11)(H,12,13)/t;9-/m.0/s1. The Kier molecular flexibility index (Phi) is 13.7. The van der Waals surface area contributed by atoms with E-state index >= 15 is 0 Å². The number of ether oxygens (including phenoxy) is 1. The van der Waals surface area contributed by atoms with Crippen molar-refractivity contribution in [2.75, 3.05) is 6.61 Å². The molecule has 176 valence electrons. The molecule has 2 rings (SSSR count). The van der Waals surface area contributed by atoms with E-state index in [1.165, 1.54) is 62.8 Å². The highest BCUT2D eigenvalue weighted by atomic mass is 16.5. The summed E-state index contributed by atoms with van der Waals surface area (Å²) in [7, 11) is 0. The molecule has 0 spiro atoms. The minimum Gasteiger partial charge on any atom is -0.481 e. The highest BCUT2D eigenvalue weighted by Gasteiger charge is 2.34. The highest BCUT2D eigenvalue weighted by molar-refractivity contribution is 5.90. The van der Waals surface area contributed by atoms with E-state index in [9.17, 15) is 9.59 Å². The zero-order valence-electron chi connectivity index (χ0n) is 19.5. The molecule has 0 saturated heterocycles. The first-order valence-electron chi connectivity index (χ1n) is 11.5. The normalized spacial score (nSPS) is 17.5. The van der Waals surface area contributed by atoms with Gasteiger partial charge in [0.1, 0.15) is 0 Å². The van der Waals surface area contributed by atoms with Gasteiger partial charge in [0.2, 0.25) is 0 Å². The first-order valence-corrected chi connectivity index (χ1v) is 11.5. The lowest BCUT2D eigenvalue weighted by atomic mass is 9.80. The Balaban J connectivity index is 0.000000343. The fraction of sp³-hybridized carbons (Fsp3) is 0.481. The molecule has 5 nitrogen and oxygen atoms in total. The number of rotatable bonds is 13. The molecule has 0 bridgehead atoms. The first-order chi connectivity index (χ1) is 15.4. The molecular weight excluding hydrogens is 404 g/mol. The number of hydrogen-bond donors (Lipinski definition) is 2. The van der Waals surface area contributed by atoms with Gasteiger partial charge in [-0.15, -0.1) is 0 Å². The molecular formula is C27H38O5. The lowest BCUT2D eigenvalue weighted by Gasteiger charge is -2.23. The number of carboxylic acids is 2. The van der Waals surface area contributed by atoms with Gasteiger partial charge >= 0.3 is 11.9 Å². The topological polar surface area (TPSA) is 83.8 Å². The van der Waals surface area contributed by atoms with Gasteiger partial charge in [-0.1, -0.05) is 86.9 Å². The predicted octanol–water partition coefficient (Wildman–Crippen LogP) is 6.56. The van der Waals surface area contributed by atoms with E-state index in [2.05, 4.69) is 43.3 Å². The van der Waals surface area contributed by atoms with Crippen molar-refractivity contribution in [3.05, 3.63) is 71.8 Å². The van der Waals surface area contributed by atoms with E-state index in [1.807, 2.05) is 6.07 Å². The van der Waals surface area contributed by atoms with Crippen molar-refractivity contribution in [3.8, 4) is 0 Å². The Bertz CT molecular complexity index is 764. The summed E-state index contributed by atoms with van der Waals surface area (Å²) in [5.74, 6) is -2.06. The zero-order chi connectivity index (χ0) is 23.7. The van der Waals surface area contributed by atoms with Crippen LogP contribution in [0.4, 0.5) is 0 Å². The van der Waals surface area contributed by atoms with E-state index in [0.29, 0.717) is 0 Å². The molecule has 0 radical (unpaired) electrons. The third-order valence-corrected chi connectivity index (χ3v) is 5.24. The van der Waals surface area contributed by atoms with Crippen molar-refractivity contribution in [2.24, 2.45) is 5.41 Å². The van der Waals surface area contributed by atoms with Crippen LogP contribution in [0.5, 0.6) is 0 Å². The minimum absolute atomic E-state index is 0.0359. The Hall–Kier alpha value is -2.66. The number of carbonyl (C=O) groups is 2. The van der Waals surface area contributed by atoms with Gasteiger partial charge < -0.3 is 14.9 Å². The van der Waals surface area contributed by atoms with Gasteiger partial charge in [0.05, 0.1) is 12.0 Å². The molecule has 1 aromatic carbocycles. The quantitative estimate of drug-likeness (QED) is 0.267. The van der Waals surface area contributed by atoms with Gasteiger partial charge in [0, 0.05) is 12.2 Å². The van der Waals surface area contributed by atoms with Crippen LogP contribution < -0.4 is 0 Å². The number of benzene rings is 1. The molecule has 1 aliphatic carbocycles. The van der Waals surface area contributed by atoms with Crippen LogP contribution >= 0.6 is 0 Å². The average molecular weight is 443 g/mol. The van der Waals surface area contributed by atoms with E-state index in [-0.39, 0.29) is 12.0 Å². The van der Waals surface area contributed by atoms with Crippen molar-refractivity contribution in [1.29, 1.82) is 0 Å². The molecule has 0 unspecified atom stereocenters. The number of aliphatic carboxylic acids is 2. The van der Waals surface area contributed by atoms with Crippen molar-refractivity contribution >= 4 is 11.9 Å². The summed E-state index contributed by atoms with van der Waals surface area (Å²) < 4.78 is 5.65. The van der Waals surface area contributed by atoms with Crippen LogP contribution in [-0.4, -0.2) is 28.8 Å². The second-order valence-electron chi connectivity index (χ2n) is 8.26. The van der Waals surface area contributed by atoms with Crippen molar-refractivity contribution in [2.45, 2.75) is 71.8 Å². The second kappa shape index (κ2) is 16.0. The fourth-order valence-electron chi connectivity index (χ4n) is 3.18. The molecule has 1 atom stereocenters. The first kappa shape index (κ1) is 27.4. The molecule has 0 saturated carbocycles. The maximum absolute atomic E-state index is 10.8. The zero-order valence-corrected chi connectivity index (χ0v) is 19.5. The Morgan fingerprint density at radius 3 is 2.34 bits per heavy atom. The van der Waals surface area contributed by atoms with Crippen molar-refractivity contribution < 1.29 is 24.5 Å². The van der Waals surface area contributed by atoms with Crippen LogP contribution in [0.3, 0.4) is 0 Å². The average Bonchev–Trinajstić information content (AvgIpc) is 2.78. The van der Waals surface area contributed by atoms with Crippen LogP contribution in [0.2, 0.25) is 0 Å². The van der Waals surface area contributed by atoms with Crippen LogP contribution in [0.1, 0.15) is 70.8 Å². The van der Waals surface area contributed by atoms with E-state index in [4.69, 9.17) is 14.9 Å². The molecule has 0 heterocycles. The summed E-state index contributed by atoms with van der Waals surface area (Å²) in [6.07, 6.45) is 18.0. The Morgan fingerprint density at radius 1 is 1.03 bits per heavy atom. The number of carboxylic acid groups (broad SMARTS) is 2. The summed E-state index contributed by atoms with van der Waals surface area (Å²) in [6, 6.07) is 10.4. The Labute approximate surface area is 192 Å². The van der Waals surface area contributed by atoms with E-state index in [0.717, 1.165) is 26.1 Å².